The van der Waals surface area contributed by atoms with Gasteiger partial charge in [-0.25, -0.2) is 4.68 Å². The van der Waals surface area contributed by atoms with Crippen LogP contribution in [0, 0.1) is 0 Å². The van der Waals surface area contributed by atoms with E-state index in [2.05, 4.69) is 0 Å². The molecule has 31 heavy (non-hydrogen) atoms. The van der Waals surface area contributed by atoms with Gasteiger partial charge in [0, 0.05) is 22.9 Å². The van der Waals surface area contributed by atoms with Crippen molar-refractivity contribution in [3.05, 3.63) is 94.8 Å². The molecule has 4 rings (SSSR count). The first-order valence-electron chi connectivity index (χ1n) is 9.83. The Bertz CT molecular complexity index is 1230. The van der Waals surface area contributed by atoms with Crippen LogP contribution in [-0.2, 0) is 6.54 Å². The Kier molecular flexibility index (Phi) is 5.71. The van der Waals surface area contributed by atoms with Crippen molar-refractivity contribution in [2.24, 2.45) is 0 Å². The van der Waals surface area contributed by atoms with Gasteiger partial charge in [0.25, 0.3) is 5.56 Å². The highest BCUT2D eigenvalue weighted by atomic mass is 16.5. The van der Waals surface area contributed by atoms with Gasteiger partial charge < -0.3 is 15.2 Å². The number of hydrogen-bond donors (Lipinski definition) is 1. The van der Waals surface area contributed by atoms with Gasteiger partial charge in [0.05, 0.1) is 26.5 Å². The summed E-state index contributed by atoms with van der Waals surface area (Å²) in [5.41, 5.74) is 10.5. The minimum Gasteiger partial charge on any atom is -0.497 e. The molecule has 0 radical (unpaired) electrons. The summed E-state index contributed by atoms with van der Waals surface area (Å²) >= 11 is 0. The predicted molar refractivity (Wildman–Crippen MR) is 122 cm³/mol. The summed E-state index contributed by atoms with van der Waals surface area (Å²) < 4.78 is 12.0. The highest BCUT2D eigenvalue weighted by Crippen LogP contribution is 2.31. The van der Waals surface area contributed by atoms with Gasteiger partial charge in [-0.1, -0.05) is 24.3 Å². The molecule has 0 saturated carbocycles. The Labute approximate surface area is 180 Å². The number of aromatic nitrogens is 2. The van der Waals surface area contributed by atoms with Crippen molar-refractivity contribution in [1.29, 1.82) is 0 Å². The first-order valence-corrected chi connectivity index (χ1v) is 9.83. The van der Waals surface area contributed by atoms with Crippen molar-refractivity contribution in [1.82, 2.24) is 9.78 Å². The lowest BCUT2D eigenvalue weighted by Gasteiger charge is -2.14. The molecule has 156 valence electrons. The summed E-state index contributed by atoms with van der Waals surface area (Å²) in [6.07, 6.45) is 0. The fourth-order valence-electron chi connectivity index (χ4n) is 3.35. The summed E-state index contributed by atoms with van der Waals surface area (Å²) in [6.45, 7) is 0.352. The highest BCUT2D eigenvalue weighted by Gasteiger charge is 2.14. The van der Waals surface area contributed by atoms with Gasteiger partial charge in [-0.2, -0.15) is 5.10 Å². The molecule has 0 amide bonds. The molecular weight excluding hydrogens is 390 g/mol. The molecule has 0 aliphatic rings. The average molecular weight is 413 g/mol. The Morgan fingerprint density at radius 2 is 1.35 bits per heavy atom. The lowest BCUT2D eigenvalue weighted by atomic mass is 10.00. The Morgan fingerprint density at radius 1 is 0.806 bits per heavy atom. The lowest BCUT2D eigenvalue weighted by molar-refractivity contribution is 0.414. The SMILES string of the molecule is COc1ccc(-c2cc(=O)n(Cc3ccc(N)cc3)nc2-c2ccc(OC)cc2)cc1. The van der Waals surface area contributed by atoms with Crippen LogP contribution in [0.2, 0.25) is 0 Å². The molecule has 3 aromatic carbocycles. The molecule has 0 atom stereocenters. The third-order valence-electron chi connectivity index (χ3n) is 5.07. The van der Waals surface area contributed by atoms with Crippen LogP contribution in [0.25, 0.3) is 22.4 Å². The van der Waals surface area contributed by atoms with E-state index in [1.165, 1.54) is 4.68 Å². The molecule has 0 spiro atoms. The van der Waals surface area contributed by atoms with Gasteiger partial charge in [0.2, 0.25) is 0 Å². The quantitative estimate of drug-likeness (QED) is 0.479. The molecule has 0 saturated heterocycles. The second-order valence-corrected chi connectivity index (χ2v) is 7.10. The van der Waals surface area contributed by atoms with Gasteiger partial charge in [0.1, 0.15) is 11.5 Å². The molecule has 6 heteroatoms. The van der Waals surface area contributed by atoms with Crippen LogP contribution in [0.15, 0.2) is 83.7 Å². The van der Waals surface area contributed by atoms with Crippen LogP contribution in [0.1, 0.15) is 5.56 Å². The van der Waals surface area contributed by atoms with Crippen LogP contribution in [0.5, 0.6) is 11.5 Å². The summed E-state index contributed by atoms with van der Waals surface area (Å²) in [4.78, 5) is 12.9. The minimum absolute atomic E-state index is 0.181. The molecule has 2 N–H and O–H groups in total. The number of nitrogens with zero attached hydrogens (tertiary/aromatic N) is 2. The first-order chi connectivity index (χ1) is 15.1. The standard InChI is InChI=1S/C25H23N3O3/c1-30-21-11-5-18(6-12-21)23-15-24(29)28(16-17-3-9-20(26)10-4-17)27-25(23)19-7-13-22(31-2)14-8-19/h3-15H,16,26H2,1-2H3. The molecule has 6 nitrogen and oxygen atoms in total. The number of anilines is 1. The van der Waals surface area contributed by atoms with E-state index in [-0.39, 0.29) is 5.56 Å². The van der Waals surface area contributed by atoms with E-state index in [4.69, 9.17) is 20.3 Å². The first kappa shape index (κ1) is 20.2. The van der Waals surface area contributed by atoms with E-state index < -0.39 is 0 Å². The molecule has 1 heterocycles. The van der Waals surface area contributed by atoms with Gasteiger partial charge >= 0.3 is 0 Å². The molecule has 1 aromatic heterocycles. The normalized spacial score (nSPS) is 10.6. The summed E-state index contributed by atoms with van der Waals surface area (Å²) in [6, 6.07) is 24.3. The van der Waals surface area contributed by atoms with Crippen molar-refractivity contribution < 1.29 is 9.47 Å². The van der Waals surface area contributed by atoms with Crippen molar-refractivity contribution in [3.8, 4) is 33.9 Å². The monoisotopic (exact) mass is 413 g/mol. The number of methoxy groups -OCH3 is 2. The number of ether oxygens (including phenoxy) is 2. The molecule has 0 bridgehead atoms. The topological polar surface area (TPSA) is 79.4 Å². The van der Waals surface area contributed by atoms with Crippen LogP contribution >= 0.6 is 0 Å². The van der Waals surface area contributed by atoms with E-state index in [0.29, 0.717) is 17.9 Å². The van der Waals surface area contributed by atoms with Crippen molar-refractivity contribution in [3.63, 3.8) is 0 Å². The number of nitrogen functional groups attached to an aromatic ring is 1. The molecule has 0 fully saturated rings. The average Bonchev–Trinajstić information content (AvgIpc) is 2.81. The molecular formula is C25H23N3O3. The minimum atomic E-state index is -0.181. The summed E-state index contributed by atoms with van der Waals surface area (Å²) in [5.74, 6) is 1.50. The van der Waals surface area contributed by atoms with E-state index in [1.807, 2.05) is 72.8 Å². The van der Waals surface area contributed by atoms with E-state index in [9.17, 15) is 4.79 Å². The van der Waals surface area contributed by atoms with Crippen molar-refractivity contribution in [2.75, 3.05) is 20.0 Å². The fraction of sp³-hybridized carbons (Fsp3) is 0.120. The van der Waals surface area contributed by atoms with Crippen molar-refractivity contribution >= 4 is 5.69 Å². The number of rotatable bonds is 6. The maximum absolute atomic E-state index is 12.9. The Hall–Kier alpha value is -4.06. The number of nitrogens with two attached hydrogens (primary N) is 1. The zero-order valence-electron chi connectivity index (χ0n) is 17.4. The maximum atomic E-state index is 12.9. The third kappa shape index (κ3) is 4.43. The van der Waals surface area contributed by atoms with Gasteiger partial charge in [-0.15, -0.1) is 0 Å². The second kappa shape index (κ2) is 8.75. The van der Waals surface area contributed by atoms with Crippen LogP contribution in [-0.4, -0.2) is 24.0 Å². The van der Waals surface area contributed by atoms with E-state index >= 15 is 0 Å². The van der Waals surface area contributed by atoms with Crippen LogP contribution < -0.4 is 20.8 Å². The second-order valence-electron chi connectivity index (χ2n) is 7.10. The van der Waals surface area contributed by atoms with Crippen LogP contribution in [0.3, 0.4) is 0 Å². The Morgan fingerprint density at radius 3 is 1.90 bits per heavy atom. The van der Waals surface area contributed by atoms with Crippen molar-refractivity contribution in [2.45, 2.75) is 6.54 Å². The maximum Gasteiger partial charge on any atom is 0.267 e. The zero-order chi connectivity index (χ0) is 21.8. The number of benzene rings is 3. The molecule has 0 unspecified atom stereocenters. The largest absolute Gasteiger partial charge is 0.497 e. The van der Waals surface area contributed by atoms with Gasteiger partial charge in [-0.05, 0) is 59.7 Å². The fourth-order valence-corrected chi connectivity index (χ4v) is 3.35. The molecule has 0 aliphatic heterocycles. The molecule has 0 aliphatic carbocycles. The highest BCUT2D eigenvalue weighted by molar-refractivity contribution is 5.80. The summed E-state index contributed by atoms with van der Waals surface area (Å²) in [5, 5.41) is 4.74. The van der Waals surface area contributed by atoms with Gasteiger partial charge in [-0.3, -0.25) is 4.79 Å². The predicted octanol–water partition coefficient (Wildman–Crippen LogP) is 4.23. The van der Waals surface area contributed by atoms with E-state index in [0.717, 1.165) is 33.8 Å². The van der Waals surface area contributed by atoms with Gasteiger partial charge in [0.15, 0.2) is 0 Å². The lowest BCUT2D eigenvalue weighted by Crippen LogP contribution is -2.24. The third-order valence-corrected chi connectivity index (χ3v) is 5.07. The van der Waals surface area contributed by atoms with Crippen LogP contribution in [0.4, 0.5) is 5.69 Å². The number of hydrogen-bond acceptors (Lipinski definition) is 5. The molecule has 4 aromatic rings. The smallest absolute Gasteiger partial charge is 0.267 e. The summed E-state index contributed by atoms with van der Waals surface area (Å²) in [7, 11) is 3.25. The zero-order valence-corrected chi connectivity index (χ0v) is 17.4. The van der Waals surface area contributed by atoms with E-state index in [1.54, 1.807) is 20.3 Å². The Balaban J connectivity index is 1.83.